The molecular formula is C15H20ClN5. The summed E-state index contributed by atoms with van der Waals surface area (Å²) in [5.41, 5.74) is 0.623. The van der Waals surface area contributed by atoms with Crippen molar-refractivity contribution in [2.24, 2.45) is 0 Å². The van der Waals surface area contributed by atoms with Crippen molar-refractivity contribution in [3.8, 4) is 0 Å². The molecule has 0 spiro atoms. The van der Waals surface area contributed by atoms with Gasteiger partial charge < -0.3 is 5.32 Å². The van der Waals surface area contributed by atoms with E-state index < -0.39 is 0 Å². The van der Waals surface area contributed by atoms with E-state index in [-0.39, 0.29) is 10.8 Å². The van der Waals surface area contributed by atoms with Crippen LogP contribution in [0.15, 0.2) is 6.20 Å². The third kappa shape index (κ3) is 2.83. The number of hydrogen-bond acceptors (Lipinski definition) is 4. The van der Waals surface area contributed by atoms with Crippen LogP contribution >= 0.6 is 11.6 Å². The van der Waals surface area contributed by atoms with Crippen molar-refractivity contribution in [3.05, 3.63) is 22.9 Å². The third-order valence-electron chi connectivity index (χ3n) is 4.66. The maximum atomic E-state index is 7.22. The Labute approximate surface area is 130 Å². The molecule has 0 saturated carbocycles. The normalized spacial score (nSPS) is 27.9. The van der Waals surface area contributed by atoms with Gasteiger partial charge in [0, 0.05) is 23.8 Å². The summed E-state index contributed by atoms with van der Waals surface area (Å²) in [6.45, 7) is 13.0. The number of hydrogen-bond donors (Lipinski definition) is 1. The molecule has 1 N–H and O–H groups in total. The highest BCUT2D eigenvalue weighted by Crippen LogP contribution is 2.39. The fraction of sp³-hybridized carbons (Fsp3) is 0.667. The van der Waals surface area contributed by atoms with Gasteiger partial charge in [-0.05, 0) is 57.7 Å². The molecule has 2 aliphatic rings. The van der Waals surface area contributed by atoms with Gasteiger partial charge in [0.25, 0.3) is 0 Å². The largest absolute Gasteiger partial charge is 0.376 e. The van der Waals surface area contributed by atoms with Crippen molar-refractivity contribution in [1.82, 2.24) is 14.9 Å². The monoisotopic (exact) mass is 305 g/mol. The third-order valence-corrected chi connectivity index (χ3v) is 4.84. The maximum Gasteiger partial charge on any atom is 0.246 e. The fourth-order valence-electron chi connectivity index (χ4n) is 3.85. The topological polar surface area (TPSA) is 45.4 Å². The molecular weight excluding hydrogens is 286 g/mol. The number of aromatic nitrogens is 2. The molecule has 0 amide bonds. The minimum atomic E-state index is 0.183. The molecule has 0 unspecified atom stereocenters. The number of nitrogens with one attached hydrogen (secondary N) is 1. The Morgan fingerprint density at radius 1 is 1.52 bits per heavy atom. The maximum absolute atomic E-state index is 7.22. The molecule has 5 nitrogen and oxygen atoms in total. The number of nitrogens with zero attached hydrogens (tertiary/aromatic N) is 4. The standard InChI is InChI=1S/C15H20ClN5/c1-15(2)8-10(7-11-5-4-6-21(11)15)19-13-12(17-3)9-18-14(16)20-13/h9-11H,4-8H2,1-2H3,(H,18,19,20)/t10-,11+/m1/s1. The van der Waals surface area contributed by atoms with E-state index in [0.29, 0.717) is 23.6 Å². The summed E-state index contributed by atoms with van der Waals surface area (Å²) in [6, 6.07) is 0.964. The average Bonchev–Trinajstić information content (AvgIpc) is 2.87. The molecule has 0 aromatic carbocycles. The zero-order chi connectivity index (χ0) is 15.0. The molecule has 2 fully saturated rings. The van der Waals surface area contributed by atoms with Crippen molar-refractivity contribution in [2.75, 3.05) is 11.9 Å². The van der Waals surface area contributed by atoms with E-state index in [1.165, 1.54) is 25.6 Å². The average molecular weight is 306 g/mol. The van der Waals surface area contributed by atoms with E-state index in [1.54, 1.807) is 0 Å². The van der Waals surface area contributed by atoms with Gasteiger partial charge in [0.05, 0.1) is 6.57 Å². The number of anilines is 1. The van der Waals surface area contributed by atoms with Crippen LogP contribution in [0.2, 0.25) is 5.28 Å². The van der Waals surface area contributed by atoms with Gasteiger partial charge >= 0.3 is 0 Å². The predicted octanol–water partition coefficient (Wildman–Crippen LogP) is 3.50. The van der Waals surface area contributed by atoms with Crippen LogP contribution in [-0.4, -0.2) is 39.0 Å². The number of halogens is 1. The summed E-state index contributed by atoms with van der Waals surface area (Å²) in [5.74, 6) is 0.567. The van der Waals surface area contributed by atoms with Crippen molar-refractivity contribution in [3.63, 3.8) is 0 Å². The second kappa shape index (κ2) is 5.43. The van der Waals surface area contributed by atoms with Crippen LogP contribution in [0, 0.1) is 6.57 Å². The molecule has 2 saturated heterocycles. The Kier molecular flexibility index (Phi) is 3.76. The van der Waals surface area contributed by atoms with Gasteiger partial charge in [-0.15, -0.1) is 0 Å². The first-order valence-electron chi connectivity index (χ1n) is 7.43. The van der Waals surface area contributed by atoms with E-state index in [0.717, 1.165) is 12.8 Å². The summed E-state index contributed by atoms with van der Waals surface area (Å²) >= 11 is 5.86. The summed E-state index contributed by atoms with van der Waals surface area (Å²) in [6.07, 6.45) is 6.18. The summed E-state index contributed by atoms with van der Waals surface area (Å²) in [7, 11) is 0. The van der Waals surface area contributed by atoms with Crippen molar-refractivity contribution < 1.29 is 0 Å². The van der Waals surface area contributed by atoms with Crippen LogP contribution in [0.4, 0.5) is 11.5 Å². The lowest BCUT2D eigenvalue weighted by Gasteiger charge is -2.48. The predicted molar refractivity (Wildman–Crippen MR) is 83.8 cm³/mol. The van der Waals surface area contributed by atoms with Gasteiger partial charge in [0.2, 0.25) is 11.0 Å². The molecule has 0 bridgehead atoms. The van der Waals surface area contributed by atoms with Gasteiger partial charge in [-0.3, -0.25) is 4.90 Å². The lowest BCUT2D eigenvalue weighted by atomic mass is 9.84. The first-order valence-corrected chi connectivity index (χ1v) is 7.81. The summed E-state index contributed by atoms with van der Waals surface area (Å²) in [5, 5.41) is 3.62. The number of piperidine rings is 1. The van der Waals surface area contributed by atoms with Crippen LogP contribution in [0.5, 0.6) is 0 Å². The minimum absolute atomic E-state index is 0.183. The Morgan fingerprint density at radius 2 is 2.33 bits per heavy atom. The first-order chi connectivity index (χ1) is 9.99. The molecule has 1 aromatic heterocycles. The number of fused-ring (bicyclic) bond motifs is 1. The van der Waals surface area contributed by atoms with Crippen LogP contribution < -0.4 is 5.32 Å². The Hall–Kier alpha value is -1.38. The van der Waals surface area contributed by atoms with E-state index >= 15 is 0 Å². The minimum Gasteiger partial charge on any atom is -0.376 e. The molecule has 1 aromatic rings. The summed E-state index contributed by atoms with van der Waals surface area (Å²) in [4.78, 5) is 14.2. The Balaban J connectivity index is 1.80. The first kappa shape index (κ1) is 14.6. The van der Waals surface area contributed by atoms with Gasteiger partial charge in [0.15, 0.2) is 0 Å². The SMILES string of the molecule is [C-]#[N+]c1cnc(Cl)nc1N[C@@H]1C[C@@H]2CCCN2C(C)(C)C1. The van der Waals surface area contributed by atoms with Crippen molar-refractivity contribution in [1.29, 1.82) is 0 Å². The highest BCUT2D eigenvalue weighted by atomic mass is 35.5. The lowest BCUT2D eigenvalue weighted by molar-refractivity contribution is 0.0501. The summed E-state index contributed by atoms with van der Waals surface area (Å²) < 4.78 is 0. The fourth-order valence-corrected chi connectivity index (χ4v) is 3.99. The van der Waals surface area contributed by atoms with Crippen molar-refractivity contribution in [2.45, 2.75) is 57.2 Å². The van der Waals surface area contributed by atoms with E-state index in [1.807, 2.05) is 0 Å². The highest BCUT2D eigenvalue weighted by Gasteiger charge is 2.42. The smallest absolute Gasteiger partial charge is 0.246 e. The van der Waals surface area contributed by atoms with Gasteiger partial charge in [-0.1, -0.05) is 0 Å². The van der Waals surface area contributed by atoms with E-state index in [4.69, 9.17) is 18.2 Å². The molecule has 2 aliphatic heterocycles. The Morgan fingerprint density at radius 3 is 3.10 bits per heavy atom. The van der Waals surface area contributed by atoms with Gasteiger partial charge in [0.1, 0.15) is 5.82 Å². The van der Waals surface area contributed by atoms with Crippen molar-refractivity contribution >= 4 is 23.1 Å². The number of rotatable bonds is 2. The lowest BCUT2D eigenvalue weighted by Crippen LogP contribution is -2.55. The van der Waals surface area contributed by atoms with E-state index in [2.05, 4.69) is 38.9 Å². The molecule has 3 rings (SSSR count). The molecule has 3 heterocycles. The van der Waals surface area contributed by atoms with Crippen LogP contribution in [0.3, 0.4) is 0 Å². The zero-order valence-corrected chi connectivity index (χ0v) is 13.2. The zero-order valence-electron chi connectivity index (χ0n) is 12.4. The molecule has 0 radical (unpaired) electrons. The molecule has 6 heteroatoms. The molecule has 2 atom stereocenters. The van der Waals surface area contributed by atoms with Gasteiger partial charge in [-0.25, -0.2) is 14.8 Å². The van der Waals surface area contributed by atoms with Crippen LogP contribution in [0.25, 0.3) is 4.85 Å². The second-order valence-electron chi connectivity index (χ2n) is 6.57. The second-order valence-corrected chi connectivity index (χ2v) is 6.91. The van der Waals surface area contributed by atoms with Crippen LogP contribution in [0.1, 0.15) is 39.5 Å². The highest BCUT2D eigenvalue weighted by molar-refractivity contribution is 6.28. The molecule has 0 aliphatic carbocycles. The molecule has 112 valence electrons. The Bertz CT molecular complexity index is 580. The van der Waals surface area contributed by atoms with Crippen LogP contribution in [-0.2, 0) is 0 Å². The quantitative estimate of drug-likeness (QED) is 0.671. The van der Waals surface area contributed by atoms with Gasteiger partial charge in [-0.2, -0.15) is 0 Å². The molecule has 21 heavy (non-hydrogen) atoms. The van der Waals surface area contributed by atoms with E-state index in [9.17, 15) is 0 Å².